The first-order valence-corrected chi connectivity index (χ1v) is 8.90. The van der Waals surface area contributed by atoms with Gasteiger partial charge in [-0.2, -0.15) is 0 Å². The minimum Gasteiger partial charge on any atom is -0.399 e. The summed E-state index contributed by atoms with van der Waals surface area (Å²) in [5.74, 6) is 1.26. The van der Waals surface area contributed by atoms with Crippen LogP contribution in [0.2, 0.25) is 0 Å². The maximum atomic E-state index is 13.7. The summed E-state index contributed by atoms with van der Waals surface area (Å²) < 4.78 is 41.1. The normalized spacial score (nSPS) is 28.2. The van der Waals surface area contributed by atoms with E-state index in [1.54, 1.807) is 0 Å². The molecule has 2 aliphatic rings. The molecule has 0 saturated heterocycles. The number of anilines is 1. The molecule has 2 aliphatic carbocycles. The van der Waals surface area contributed by atoms with Crippen molar-refractivity contribution in [2.45, 2.75) is 37.5 Å². The number of hydrogen-bond donors (Lipinski definition) is 2. The van der Waals surface area contributed by atoms with Gasteiger partial charge in [0.15, 0.2) is 0 Å². The number of nitrogens with two attached hydrogens (primary N) is 1. The highest BCUT2D eigenvalue weighted by atomic mass is 32.2. The molecule has 4 nitrogen and oxygen atoms in total. The SMILES string of the molecule is Cc1c(F)cc(N)cc1S(=O)(=O)NCC1CC2CCC1C2. The minimum absolute atomic E-state index is 0.0526. The van der Waals surface area contributed by atoms with Crippen LogP contribution in [0.5, 0.6) is 0 Å². The van der Waals surface area contributed by atoms with Crippen molar-refractivity contribution in [3.63, 3.8) is 0 Å². The summed E-state index contributed by atoms with van der Waals surface area (Å²) in [6.07, 6.45) is 4.84. The average molecular weight is 312 g/mol. The molecule has 3 N–H and O–H groups in total. The van der Waals surface area contributed by atoms with Crippen LogP contribution in [0.15, 0.2) is 17.0 Å². The summed E-state index contributed by atoms with van der Waals surface area (Å²) in [6, 6.07) is 2.46. The van der Waals surface area contributed by atoms with Gasteiger partial charge in [0.1, 0.15) is 5.82 Å². The number of nitrogens with one attached hydrogen (secondary N) is 1. The highest BCUT2D eigenvalue weighted by molar-refractivity contribution is 7.89. The molecule has 21 heavy (non-hydrogen) atoms. The Morgan fingerprint density at radius 1 is 1.33 bits per heavy atom. The lowest BCUT2D eigenvalue weighted by Crippen LogP contribution is -2.32. The number of sulfonamides is 1. The second kappa shape index (κ2) is 5.25. The smallest absolute Gasteiger partial charge is 0.241 e. The average Bonchev–Trinajstić information content (AvgIpc) is 3.03. The Morgan fingerprint density at radius 2 is 2.10 bits per heavy atom. The molecule has 116 valence electrons. The first kappa shape index (κ1) is 14.8. The predicted octanol–water partition coefficient (Wildman–Crippen LogP) is 2.43. The fourth-order valence-electron chi connectivity index (χ4n) is 3.87. The molecule has 2 fully saturated rings. The second-order valence-corrected chi connectivity index (χ2v) is 8.15. The van der Waals surface area contributed by atoms with Gasteiger partial charge >= 0.3 is 0 Å². The molecule has 3 unspecified atom stereocenters. The molecule has 0 amide bonds. The summed E-state index contributed by atoms with van der Waals surface area (Å²) in [5.41, 5.74) is 5.80. The monoisotopic (exact) mass is 312 g/mol. The largest absolute Gasteiger partial charge is 0.399 e. The minimum atomic E-state index is -3.71. The van der Waals surface area contributed by atoms with Gasteiger partial charge < -0.3 is 5.73 Å². The van der Waals surface area contributed by atoms with Crippen molar-refractivity contribution in [1.82, 2.24) is 4.72 Å². The van der Waals surface area contributed by atoms with Crippen LogP contribution in [-0.4, -0.2) is 15.0 Å². The van der Waals surface area contributed by atoms with E-state index < -0.39 is 15.8 Å². The van der Waals surface area contributed by atoms with Crippen LogP contribution in [-0.2, 0) is 10.0 Å². The molecule has 0 radical (unpaired) electrons. The van der Waals surface area contributed by atoms with E-state index in [0.717, 1.165) is 18.4 Å². The van der Waals surface area contributed by atoms with Crippen molar-refractivity contribution in [3.05, 3.63) is 23.5 Å². The molecule has 2 bridgehead atoms. The van der Waals surface area contributed by atoms with Gasteiger partial charge in [-0.1, -0.05) is 6.42 Å². The fraction of sp³-hybridized carbons (Fsp3) is 0.600. The van der Waals surface area contributed by atoms with E-state index in [4.69, 9.17) is 5.73 Å². The Bertz CT molecular complexity index is 660. The number of benzene rings is 1. The van der Waals surface area contributed by atoms with Gasteiger partial charge in [-0.25, -0.2) is 17.5 Å². The van der Waals surface area contributed by atoms with Crippen molar-refractivity contribution in [1.29, 1.82) is 0 Å². The molecule has 0 spiro atoms. The Labute approximate surface area is 125 Å². The van der Waals surface area contributed by atoms with E-state index in [1.165, 1.54) is 32.3 Å². The van der Waals surface area contributed by atoms with Gasteiger partial charge in [-0.15, -0.1) is 0 Å². The van der Waals surface area contributed by atoms with E-state index >= 15 is 0 Å². The zero-order valence-corrected chi connectivity index (χ0v) is 12.9. The van der Waals surface area contributed by atoms with Crippen LogP contribution in [0.4, 0.5) is 10.1 Å². The zero-order chi connectivity index (χ0) is 15.2. The molecular formula is C15H21FN2O2S. The third-order valence-corrected chi connectivity index (χ3v) is 6.58. The topological polar surface area (TPSA) is 72.2 Å². The molecule has 1 aromatic rings. The zero-order valence-electron chi connectivity index (χ0n) is 12.1. The van der Waals surface area contributed by atoms with E-state index in [-0.39, 0.29) is 16.1 Å². The molecule has 0 heterocycles. The Balaban J connectivity index is 1.75. The van der Waals surface area contributed by atoms with E-state index in [9.17, 15) is 12.8 Å². The van der Waals surface area contributed by atoms with E-state index in [1.807, 2.05) is 0 Å². The van der Waals surface area contributed by atoms with Gasteiger partial charge in [-0.05, 0) is 56.1 Å². The number of hydrogen-bond acceptors (Lipinski definition) is 3. The molecule has 0 aromatic heterocycles. The maximum absolute atomic E-state index is 13.7. The van der Waals surface area contributed by atoms with Crippen molar-refractivity contribution in [3.8, 4) is 0 Å². The van der Waals surface area contributed by atoms with Crippen molar-refractivity contribution < 1.29 is 12.8 Å². The highest BCUT2D eigenvalue weighted by Crippen LogP contribution is 2.48. The molecular weight excluding hydrogens is 291 g/mol. The standard InChI is InChI=1S/C15H21FN2O2S/c1-9-14(16)6-13(17)7-15(9)21(19,20)18-8-12-5-10-2-3-11(12)4-10/h6-7,10-12,18H,2-5,8,17H2,1H3. The van der Waals surface area contributed by atoms with Crippen molar-refractivity contribution in [2.75, 3.05) is 12.3 Å². The third-order valence-electron chi connectivity index (χ3n) is 5.03. The van der Waals surface area contributed by atoms with Crippen molar-refractivity contribution in [2.24, 2.45) is 17.8 Å². The second-order valence-electron chi connectivity index (χ2n) is 6.41. The molecule has 3 atom stereocenters. The van der Waals surface area contributed by atoms with E-state index in [2.05, 4.69) is 4.72 Å². The number of rotatable bonds is 4. The third kappa shape index (κ3) is 2.79. The van der Waals surface area contributed by atoms with Gasteiger partial charge in [0.05, 0.1) is 4.90 Å². The van der Waals surface area contributed by atoms with Gasteiger partial charge in [-0.3, -0.25) is 0 Å². The molecule has 0 aliphatic heterocycles. The van der Waals surface area contributed by atoms with Gasteiger partial charge in [0, 0.05) is 17.8 Å². The Hall–Kier alpha value is -1.14. The summed E-state index contributed by atoms with van der Waals surface area (Å²) in [6.45, 7) is 1.90. The molecule has 3 rings (SSSR count). The maximum Gasteiger partial charge on any atom is 0.241 e. The number of halogens is 1. The van der Waals surface area contributed by atoms with Crippen LogP contribution < -0.4 is 10.5 Å². The highest BCUT2D eigenvalue weighted by Gasteiger charge is 2.39. The lowest BCUT2D eigenvalue weighted by molar-refractivity contribution is 0.333. The summed E-state index contributed by atoms with van der Waals surface area (Å²) in [5, 5.41) is 0. The van der Waals surface area contributed by atoms with E-state index in [0.29, 0.717) is 18.4 Å². The van der Waals surface area contributed by atoms with Crippen LogP contribution >= 0.6 is 0 Å². The van der Waals surface area contributed by atoms with Crippen LogP contribution in [0, 0.1) is 30.5 Å². The Kier molecular flexibility index (Phi) is 3.69. The predicted molar refractivity (Wildman–Crippen MR) is 79.7 cm³/mol. The molecule has 2 saturated carbocycles. The summed E-state index contributed by atoms with van der Waals surface area (Å²) >= 11 is 0. The quantitative estimate of drug-likeness (QED) is 0.839. The molecule has 1 aromatic carbocycles. The first-order chi connectivity index (χ1) is 9.87. The Morgan fingerprint density at radius 3 is 2.71 bits per heavy atom. The first-order valence-electron chi connectivity index (χ1n) is 7.42. The van der Waals surface area contributed by atoms with Crippen molar-refractivity contribution >= 4 is 15.7 Å². The van der Waals surface area contributed by atoms with Gasteiger partial charge in [0.25, 0.3) is 0 Å². The van der Waals surface area contributed by atoms with Crippen LogP contribution in [0.25, 0.3) is 0 Å². The van der Waals surface area contributed by atoms with Crippen LogP contribution in [0.1, 0.15) is 31.2 Å². The summed E-state index contributed by atoms with van der Waals surface area (Å²) in [7, 11) is -3.71. The summed E-state index contributed by atoms with van der Waals surface area (Å²) in [4.78, 5) is -0.0526. The lowest BCUT2D eigenvalue weighted by Gasteiger charge is -2.22. The fourth-order valence-corrected chi connectivity index (χ4v) is 5.25. The lowest BCUT2D eigenvalue weighted by atomic mass is 9.89. The number of fused-ring (bicyclic) bond motifs is 2. The van der Waals surface area contributed by atoms with Gasteiger partial charge in [0.2, 0.25) is 10.0 Å². The number of nitrogen functional groups attached to an aromatic ring is 1. The van der Waals surface area contributed by atoms with Crippen LogP contribution in [0.3, 0.4) is 0 Å². The molecule has 6 heteroatoms.